The average molecular weight is 226 g/mol. The maximum atomic E-state index is 5.40. The predicted octanol–water partition coefficient (Wildman–Crippen LogP) is 3.48. The molecule has 0 fully saturated rings. The van der Waals surface area contributed by atoms with Gasteiger partial charge >= 0.3 is 0 Å². The molecule has 0 heterocycles. The van der Waals surface area contributed by atoms with Crippen molar-refractivity contribution in [1.29, 1.82) is 0 Å². The van der Waals surface area contributed by atoms with Crippen molar-refractivity contribution in [3.63, 3.8) is 0 Å². The van der Waals surface area contributed by atoms with E-state index in [0.29, 0.717) is 13.2 Å². The summed E-state index contributed by atoms with van der Waals surface area (Å²) in [6, 6.07) is 0. The van der Waals surface area contributed by atoms with Crippen LogP contribution in [0.25, 0.3) is 0 Å². The molecule has 15 heavy (non-hydrogen) atoms. The van der Waals surface area contributed by atoms with Crippen LogP contribution in [0.1, 0.15) is 19.8 Å². The number of methoxy groups -OCH3 is 1. The molecule has 0 spiro atoms. The predicted molar refractivity (Wildman–Crippen MR) is 65.6 cm³/mol. The number of allylic oxidation sites excluding steroid dienone is 5. The van der Waals surface area contributed by atoms with Crippen LogP contribution in [0, 0.1) is 0 Å². The molecule has 0 unspecified atom stereocenters. The standard InChI is InChI=1S/C12H18O2S/c1-11-5-3-4-6-12(8-7-11)15-14-10-9-13-2/h5-8H,3-4,9-10H2,1-2H3/b8-7?,11-5+,12-6?. The molecule has 0 atom stereocenters. The SMILES string of the molecule is COCCOSC1=CCC/C=C(\C)C=C1. The summed E-state index contributed by atoms with van der Waals surface area (Å²) >= 11 is 1.43. The van der Waals surface area contributed by atoms with Crippen LogP contribution in [0.2, 0.25) is 0 Å². The molecule has 0 aliphatic heterocycles. The summed E-state index contributed by atoms with van der Waals surface area (Å²) in [5.41, 5.74) is 1.32. The van der Waals surface area contributed by atoms with Gasteiger partial charge in [0.05, 0.1) is 13.2 Å². The van der Waals surface area contributed by atoms with Crippen LogP contribution in [0.4, 0.5) is 0 Å². The lowest BCUT2D eigenvalue weighted by Crippen LogP contribution is -1.96. The van der Waals surface area contributed by atoms with E-state index in [0.717, 1.165) is 12.8 Å². The highest BCUT2D eigenvalue weighted by Crippen LogP contribution is 2.21. The van der Waals surface area contributed by atoms with Gasteiger partial charge in [0.2, 0.25) is 0 Å². The van der Waals surface area contributed by atoms with Crippen LogP contribution < -0.4 is 0 Å². The molecule has 1 aliphatic rings. The normalized spacial score (nSPS) is 20.1. The van der Waals surface area contributed by atoms with Gasteiger partial charge in [-0.1, -0.05) is 23.8 Å². The summed E-state index contributed by atoms with van der Waals surface area (Å²) in [4.78, 5) is 1.18. The Kier molecular flexibility index (Phi) is 6.48. The van der Waals surface area contributed by atoms with Crippen molar-refractivity contribution in [3.05, 3.63) is 34.8 Å². The zero-order chi connectivity index (χ0) is 10.9. The Balaban J connectivity index is 2.33. The Morgan fingerprint density at radius 2 is 2.00 bits per heavy atom. The van der Waals surface area contributed by atoms with E-state index >= 15 is 0 Å². The zero-order valence-electron chi connectivity index (χ0n) is 9.36. The molecule has 0 saturated heterocycles. The van der Waals surface area contributed by atoms with E-state index in [1.165, 1.54) is 22.5 Å². The summed E-state index contributed by atoms with van der Waals surface area (Å²) < 4.78 is 10.3. The summed E-state index contributed by atoms with van der Waals surface area (Å²) in [5.74, 6) is 0. The van der Waals surface area contributed by atoms with Crippen molar-refractivity contribution in [3.8, 4) is 0 Å². The second kappa shape index (κ2) is 7.74. The number of hydrogen-bond donors (Lipinski definition) is 0. The molecule has 2 nitrogen and oxygen atoms in total. The Morgan fingerprint density at radius 1 is 1.20 bits per heavy atom. The van der Waals surface area contributed by atoms with Gasteiger partial charge in [-0.15, -0.1) is 0 Å². The van der Waals surface area contributed by atoms with Crippen LogP contribution in [0.15, 0.2) is 34.8 Å². The third-order valence-electron chi connectivity index (χ3n) is 2.01. The topological polar surface area (TPSA) is 18.5 Å². The van der Waals surface area contributed by atoms with E-state index in [1.807, 2.05) is 0 Å². The average Bonchev–Trinajstić information content (AvgIpc) is 2.22. The molecular weight excluding hydrogens is 208 g/mol. The van der Waals surface area contributed by atoms with E-state index in [-0.39, 0.29) is 0 Å². The molecule has 0 N–H and O–H groups in total. The van der Waals surface area contributed by atoms with Gasteiger partial charge in [-0.05, 0) is 25.8 Å². The lowest BCUT2D eigenvalue weighted by Gasteiger charge is -2.05. The summed E-state index contributed by atoms with van der Waals surface area (Å²) in [6.07, 6.45) is 10.9. The van der Waals surface area contributed by atoms with Crippen molar-refractivity contribution in [2.24, 2.45) is 0 Å². The maximum Gasteiger partial charge on any atom is 0.0852 e. The molecule has 0 amide bonds. The molecule has 0 aromatic rings. The molecular formula is C12H18O2S. The maximum absolute atomic E-state index is 5.40. The Hall–Kier alpha value is -0.510. The molecule has 0 radical (unpaired) electrons. The van der Waals surface area contributed by atoms with Crippen LogP contribution in [0.3, 0.4) is 0 Å². The summed E-state index contributed by atoms with van der Waals surface area (Å²) in [6.45, 7) is 3.39. The first-order valence-electron chi connectivity index (χ1n) is 5.16. The molecule has 0 bridgehead atoms. The lowest BCUT2D eigenvalue weighted by atomic mass is 10.1. The van der Waals surface area contributed by atoms with Gasteiger partial charge in [-0.2, -0.15) is 0 Å². The second-order valence-corrected chi connectivity index (χ2v) is 4.24. The van der Waals surface area contributed by atoms with Crippen molar-refractivity contribution in [2.75, 3.05) is 20.3 Å². The Labute approximate surface area is 96.2 Å². The molecule has 3 heteroatoms. The largest absolute Gasteiger partial charge is 0.382 e. The first-order chi connectivity index (χ1) is 7.33. The molecule has 1 rings (SSSR count). The van der Waals surface area contributed by atoms with Gasteiger partial charge in [0.1, 0.15) is 0 Å². The highest BCUT2D eigenvalue weighted by atomic mass is 32.2. The van der Waals surface area contributed by atoms with Crippen LogP contribution >= 0.6 is 12.0 Å². The van der Waals surface area contributed by atoms with E-state index in [9.17, 15) is 0 Å². The number of rotatable bonds is 5. The fourth-order valence-electron chi connectivity index (χ4n) is 1.18. The highest BCUT2D eigenvalue weighted by Gasteiger charge is 1.97. The Bertz CT molecular complexity index is 267. The van der Waals surface area contributed by atoms with Crippen LogP contribution in [0.5, 0.6) is 0 Å². The van der Waals surface area contributed by atoms with Gasteiger partial charge in [0, 0.05) is 24.1 Å². The highest BCUT2D eigenvalue weighted by molar-refractivity contribution is 7.98. The van der Waals surface area contributed by atoms with E-state index in [1.54, 1.807) is 7.11 Å². The summed E-state index contributed by atoms with van der Waals surface area (Å²) in [7, 11) is 1.68. The minimum absolute atomic E-state index is 0.626. The quantitative estimate of drug-likeness (QED) is 0.528. The molecule has 1 aliphatic carbocycles. The van der Waals surface area contributed by atoms with Gasteiger partial charge in [-0.25, -0.2) is 0 Å². The zero-order valence-corrected chi connectivity index (χ0v) is 10.2. The lowest BCUT2D eigenvalue weighted by molar-refractivity contribution is 0.157. The molecule has 84 valence electrons. The third kappa shape index (κ3) is 5.82. The first kappa shape index (κ1) is 12.6. The molecule has 0 saturated carbocycles. The van der Waals surface area contributed by atoms with Gasteiger partial charge < -0.3 is 8.92 Å². The van der Waals surface area contributed by atoms with Gasteiger partial charge in [0.25, 0.3) is 0 Å². The van der Waals surface area contributed by atoms with E-state index < -0.39 is 0 Å². The van der Waals surface area contributed by atoms with Crippen molar-refractivity contribution >= 4 is 12.0 Å². The molecule has 0 aromatic carbocycles. The fraction of sp³-hybridized carbons (Fsp3) is 0.500. The fourth-order valence-corrected chi connectivity index (χ4v) is 1.77. The minimum Gasteiger partial charge on any atom is -0.382 e. The van der Waals surface area contributed by atoms with Gasteiger partial charge in [-0.3, -0.25) is 0 Å². The minimum atomic E-state index is 0.626. The van der Waals surface area contributed by atoms with Crippen LogP contribution in [-0.4, -0.2) is 20.3 Å². The first-order valence-corrected chi connectivity index (χ1v) is 5.90. The molecule has 0 aromatic heterocycles. The van der Waals surface area contributed by atoms with Crippen molar-refractivity contribution in [1.82, 2.24) is 0 Å². The monoisotopic (exact) mass is 226 g/mol. The van der Waals surface area contributed by atoms with Gasteiger partial charge in [0.15, 0.2) is 0 Å². The van der Waals surface area contributed by atoms with Crippen LogP contribution in [-0.2, 0) is 8.92 Å². The van der Waals surface area contributed by atoms with E-state index in [4.69, 9.17) is 8.92 Å². The number of ether oxygens (including phenoxy) is 1. The van der Waals surface area contributed by atoms with Crippen molar-refractivity contribution in [2.45, 2.75) is 19.8 Å². The van der Waals surface area contributed by atoms with Crippen molar-refractivity contribution < 1.29 is 8.92 Å². The smallest absolute Gasteiger partial charge is 0.0852 e. The van der Waals surface area contributed by atoms with E-state index in [2.05, 4.69) is 31.2 Å². The number of hydrogen-bond acceptors (Lipinski definition) is 3. The third-order valence-corrected chi connectivity index (χ3v) is 2.79. The Morgan fingerprint density at radius 3 is 2.80 bits per heavy atom. The summed E-state index contributed by atoms with van der Waals surface area (Å²) in [5, 5.41) is 0. The second-order valence-electron chi connectivity index (χ2n) is 3.36.